The summed E-state index contributed by atoms with van der Waals surface area (Å²) in [6, 6.07) is 6.19. The second-order valence-corrected chi connectivity index (χ2v) is 11.4. The molecule has 0 aromatic carbocycles. The molecule has 3 aromatic rings. The number of fused-ring (bicyclic) bond motifs is 1. The van der Waals surface area contributed by atoms with Crippen LogP contribution in [-0.4, -0.2) is 30.2 Å². The van der Waals surface area contributed by atoms with Gasteiger partial charge in [0.2, 0.25) is 0 Å². The van der Waals surface area contributed by atoms with Crippen molar-refractivity contribution in [3.05, 3.63) is 43.8 Å². The molecular weight excluding hydrogens is 444 g/mol. The highest BCUT2D eigenvalue weighted by molar-refractivity contribution is 7.18. The van der Waals surface area contributed by atoms with Crippen molar-refractivity contribution in [2.24, 2.45) is 11.0 Å². The van der Waals surface area contributed by atoms with E-state index in [-0.39, 0.29) is 5.91 Å². The average Bonchev–Trinajstić information content (AvgIpc) is 3.53. The van der Waals surface area contributed by atoms with Gasteiger partial charge in [-0.1, -0.05) is 24.3 Å². The lowest BCUT2D eigenvalue weighted by Crippen LogP contribution is -2.29. The number of thiophene rings is 2. The van der Waals surface area contributed by atoms with Gasteiger partial charge in [-0.15, -0.1) is 22.7 Å². The first kappa shape index (κ1) is 20.8. The number of aromatic nitrogens is 1. The number of thiazole rings is 1. The molecule has 1 fully saturated rings. The van der Waals surface area contributed by atoms with E-state index in [4.69, 9.17) is 4.98 Å². The minimum Gasteiger partial charge on any atom is -0.348 e. The van der Waals surface area contributed by atoms with Gasteiger partial charge in [0, 0.05) is 18.0 Å². The number of nitrogens with one attached hydrogen (secondary N) is 1. The van der Waals surface area contributed by atoms with Crippen LogP contribution >= 0.6 is 34.0 Å². The number of amides is 1. The third-order valence-corrected chi connectivity index (χ3v) is 9.09. The van der Waals surface area contributed by atoms with Gasteiger partial charge < -0.3 is 4.90 Å². The molecule has 1 atom stereocenters. The molecule has 0 spiro atoms. The average molecular weight is 471 g/mol. The maximum Gasteiger partial charge on any atom is 0.281 e. The predicted molar refractivity (Wildman–Crippen MR) is 132 cm³/mol. The Morgan fingerprint density at radius 2 is 2.16 bits per heavy atom. The summed E-state index contributed by atoms with van der Waals surface area (Å²) in [6.07, 6.45) is 8.87. The van der Waals surface area contributed by atoms with E-state index in [2.05, 4.69) is 39.9 Å². The van der Waals surface area contributed by atoms with Crippen LogP contribution in [0.25, 0.3) is 10.6 Å². The van der Waals surface area contributed by atoms with E-state index in [1.54, 1.807) is 40.2 Å². The van der Waals surface area contributed by atoms with Crippen molar-refractivity contribution in [3.63, 3.8) is 0 Å². The first-order valence-electron chi connectivity index (χ1n) is 10.9. The number of aryl methyl sites for hydroxylation is 1. The topological polar surface area (TPSA) is 57.6 Å². The van der Waals surface area contributed by atoms with Crippen LogP contribution in [-0.2, 0) is 12.8 Å². The quantitative estimate of drug-likeness (QED) is 0.378. The third-order valence-electron chi connectivity index (χ3n) is 5.92. The van der Waals surface area contributed by atoms with E-state index < -0.39 is 0 Å². The largest absolute Gasteiger partial charge is 0.348 e. The summed E-state index contributed by atoms with van der Waals surface area (Å²) in [4.78, 5) is 24.2. The number of rotatable bonds is 5. The van der Waals surface area contributed by atoms with Gasteiger partial charge in [0.1, 0.15) is 5.69 Å². The molecule has 162 valence electrons. The van der Waals surface area contributed by atoms with Gasteiger partial charge in [0.25, 0.3) is 5.91 Å². The normalized spacial score (nSPS) is 19.0. The number of anilines is 1. The van der Waals surface area contributed by atoms with Crippen LogP contribution in [0.5, 0.6) is 0 Å². The lowest BCUT2D eigenvalue weighted by Gasteiger charge is -2.25. The first-order valence-corrected chi connectivity index (χ1v) is 13.4. The highest BCUT2D eigenvalue weighted by Crippen LogP contribution is 2.35. The van der Waals surface area contributed by atoms with Crippen molar-refractivity contribution in [2.45, 2.75) is 45.4 Å². The van der Waals surface area contributed by atoms with Crippen LogP contribution in [0.4, 0.5) is 5.13 Å². The molecule has 1 unspecified atom stereocenters. The second kappa shape index (κ2) is 9.22. The molecular formula is C23H26N4OS3. The fourth-order valence-corrected chi connectivity index (χ4v) is 7.13. The molecule has 5 nitrogen and oxygen atoms in total. The zero-order chi connectivity index (χ0) is 21.2. The Bertz CT molecular complexity index is 1080. The van der Waals surface area contributed by atoms with Gasteiger partial charge in [-0.25, -0.2) is 10.4 Å². The Hall–Kier alpha value is -2.03. The van der Waals surface area contributed by atoms with Crippen LogP contribution in [0.1, 0.15) is 57.6 Å². The Balaban J connectivity index is 1.33. The Labute approximate surface area is 194 Å². The molecule has 5 rings (SSSR count). The first-order chi connectivity index (χ1) is 15.2. The van der Waals surface area contributed by atoms with Gasteiger partial charge in [-0.2, -0.15) is 5.10 Å². The summed E-state index contributed by atoms with van der Waals surface area (Å²) < 4.78 is 0. The van der Waals surface area contributed by atoms with Crippen molar-refractivity contribution >= 4 is 51.3 Å². The Morgan fingerprint density at radius 3 is 2.97 bits per heavy atom. The number of hydrogen-bond donors (Lipinski definition) is 1. The lowest BCUT2D eigenvalue weighted by molar-refractivity contribution is 0.0959. The number of hydrazone groups is 1. The highest BCUT2D eigenvalue weighted by Gasteiger charge is 2.21. The minimum atomic E-state index is -0.123. The van der Waals surface area contributed by atoms with Crippen LogP contribution in [0, 0.1) is 5.92 Å². The summed E-state index contributed by atoms with van der Waals surface area (Å²) in [7, 11) is 0. The molecule has 0 radical (unpaired) electrons. The number of hydrogen-bond acceptors (Lipinski definition) is 7. The van der Waals surface area contributed by atoms with Gasteiger partial charge in [0.05, 0.1) is 20.8 Å². The van der Waals surface area contributed by atoms with Crippen molar-refractivity contribution in [1.29, 1.82) is 0 Å². The summed E-state index contributed by atoms with van der Waals surface area (Å²) >= 11 is 4.95. The number of piperidine rings is 1. The Morgan fingerprint density at radius 1 is 1.29 bits per heavy atom. The molecule has 0 saturated carbocycles. The zero-order valence-electron chi connectivity index (χ0n) is 17.6. The van der Waals surface area contributed by atoms with Gasteiger partial charge in [0.15, 0.2) is 5.13 Å². The van der Waals surface area contributed by atoms with Gasteiger partial charge >= 0.3 is 0 Å². The fraction of sp³-hybridized carbons (Fsp3) is 0.435. The third kappa shape index (κ3) is 4.61. The van der Waals surface area contributed by atoms with Crippen LogP contribution < -0.4 is 10.3 Å². The van der Waals surface area contributed by atoms with Crippen molar-refractivity contribution in [2.75, 3.05) is 18.0 Å². The molecule has 1 aliphatic carbocycles. The fourth-order valence-electron chi connectivity index (χ4n) is 4.24. The molecule has 4 heterocycles. The molecule has 0 bridgehead atoms. The van der Waals surface area contributed by atoms with E-state index in [9.17, 15) is 4.79 Å². The molecule has 1 saturated heterocycles. The SMILES string of the molecule is CC1CCc2sc(C(=O)NN=Cc3sc(N4CCCCC4)nc3-c3cccs3)cc2C1. The molecule has 31 heavy (non-hydrogen) atoms. The number of carbonyl (C=O) groups is 1. The summed E-state index contributed by atoms with van der Waals surface area (Å²) in [6.45, 7) is 4.40. The molecule has 2 aliphatic rings. The second-order valence-electron chi connectivity index (χ2n) is 8.34. The van der Waals surface area contributed by atoms with E-state index in [1.165, 1.54) is 36.1 Å². The summed E-state index contributed by atoms with van der Waals surface area (Å²) in [5.41, 5.74) is 5.04. The monoisotopic (exact) mass is 470 g/mol. The standard InChI is InChI=1S/C23H26N4OS3/c1-15-7-8-17-16(12-15)13-19(30-17)22(28)26-24-14-20-21(18-6-5-11-29-18)25-23(31-20)27-9-3-2-4-10-27/h5-6,11,13-15H,2-4,7-10,12H2,1H3,(H,26,28). The predicted octanol–water partition coefficient (Wildman–Crippen LogP) is 5.81. The summed E-state index contributed by atoms with van der Waals surface area (Å²) in [5.74, 6) is 0.578. The maximum atomic E-state index is 12.7. The van der Waals surface area contributed by atoms with Crippen LogP contribution in [0.2, 0.25) is 0 Å². The van der Waals surface area contributed by atoms with Crippen LogP contribution in [0.15, 0.2) is 28.7 Å². The molecule has 1 N–H and O–H groups in total. The molecule has 1 amide bonds. The summed E-state index contributed by atoms with van der Waals surface area (Å²) in [5, 5.41) is 7.43. The zero-order valence-corrected chi connectivity index (χ0v) is 20.0. The van der Waals surface area contributed by atoms with Crippen LogP contribution in [0.3, 0.4) is 0 Å². The molecule has 1 aliphatic heterocycles. The smallest absolute Gasteiger partial charge is 0.281 e. The van der Waals surface area contributed by atoms with Gasteiger partial charge in [-0.3, -0.25) is 4.79 Å². The van der Waals surface area contributed by atoms with Gasteiger partial charge in [-0.05, 0) is 67.5 Å². The van der Waals surface area contributed by atoms with Crippen molar-refractivity contribution < 1.29 is 4.79 Å². The maximum absolute atomic E-state index is 12.7. The molecule has 8 heteroatoms. The number of nitrogens with zero attached hydrogens (tertiary/aromatic N) is 3. The van der Waals surface area contributed by atoms with E-state index in [0.29, 0.717) is 5.92 Å². The van der Waals surface area contributed by atoms with E-state index in [0.717, 1.165) is 51.4 Å². The Kier molecular flexibility index (Phi) is 6.20. The van der Waals surface area contributed by atoms with E-state index in [1.807, 2.05) is 6.07 Å². The van der Waals surface area contributed by atoms with E-state index >= 15 is 0 Å². The van der Waals surface area contributed by atoms with Crippen molar-refractivity contribution in [1.82, 2.24) is 10.4 Å². The minimum absolute atomic E-state index is 0.123. The molecule has 3 aromatic heterocycles. The van der Waals surface area contributed by atoms with Crippen molar-refractivity contribution in [3.8, 4) is 10.6 Å². The number of carbonyl (C=O) groups excluding carboxylic acids is 1. The highest BCUT2D eigenvalue weighted by atomic mass is 32.1. The lowest BCUT2D eigenvalue weighted by atomic mass is 9.90.